The maximum atomic E-state index is 13.3. The summed E-state index contributed by atoms with van der Waals surface area (Å²) in [6.07, 6.45) is 0. The molecule has 11 heteroatoms. The van der Waals surface area contributed by atoms with E-state index in [2.05, 4.69) is 9.82 Å². The lowest BCUT2D eigenvalue weighted by atomic mass is 10.3. The molecule has 0 saturated heterocycles. The van der Waals surface area contributed by atoms with Gasteiger partial charge in [-0.1, -0.05) is 5.09 Å². The van der Waals surface area contributed by atoms with E-state index < -0.39 is 53.1 Å². The summed E-state index contributed by atoms with van der Waals surface area (Å²) in [5.41, 5.74) is 0. The third-order valence-electron chi connectivity index (χ3n) is 2.20. The van der Waals surface area contributed by atoms with Gasteiger partial charge in [-0.3, -0.25) is 4.79 Å². The number of benzene rings is 1. The summed E-state index contributed by atoms with van der Waals surface area (Å²) < 4.78 is 81.2. The molecular formula is C10H8F5NO3PS+. The van der Waals surface area contributed by atoms with Crippen molar-refractivity contribution in [1.82, 2.24) is 5.09 Å². The Kier molecular flexibility index (Phi) is 6.06. The minimum atomic E-state index is -2.72. The molecule has 0 saturated carbocycles. The molecule has 1 aromatic rings. The molecule has 1 aromatic carbocycles. The van der Waals surface area contributed by atoms with Gasteiger partial charge in [0.15, 0.2) is 34.7 Å². The zero-order valence-electron chi connectivity index (χ0n) is 10.5. The summed E-state index contributed by atoms with van der Waals surface area (Å²) in [4.78, 5) is 9.75. The Bertz CT molecular complexity index is 572. The van der Waals surface area contributed by atoms with Crippen LogP contribution in [-0.4, -0.2) is 19.1 Å². The van der Waals surface area contributed by atoms with Crippen molar-refractivity contribution in [3.05, 3.63) is 29.1 Å². The molecule has 0 aromatic heterocycles. The number of rotatable bonds is 5. The van der Waals surface area contributed by atoms with Crippen LogP contribution in [0, 0.1) is 29.1 Å². The molecule has 21 heavy (non-hydrogen) atoms. The van der Waals surface area contributed by atoms with Gasteiger partial charge in [0.1, 0.15) is 10.9 Å². The smallest absolute Gasteiger partial charge is 0.468 e. The lowest BCUT2D eigenvalue weighted by molar-refractivity contribution is -0.142. The van der Waals surface area contributed by atoms with Gasteiger partial charge in [-0.15, -0.1) is 0 Å². The number of ether oxygens (including phenoxy) is 1. The van der Waals surface area contributed by atoms with Crippen molar-refractivity contribution in [3.63, 3.8) is 0 Å². The molecule has 1 rings (SSSR count). The molecule has 0 aliphatic carbocycles. The highest BCUT2D eigenvalue weighted by molar-refractivity contribution is 8.51. The first-order chi connectivity index (χ1) is 9.70. The number of nitrogens with one attached hydrogen (secondary N) is 1. The van der Waals surface area contributed by atoms with Gasteiger partial charge in [0, 0.05) is 0 Å². The van der Waals surface area contributed by atoms with E-state index in [0.29, 0.717) is 0 Å². The van der Waals surface area contributed by atoms with E-state index in [1.165, 1.54) is 6.92 Å². The van der Waals surface area contributed by atoms with E-state index in [9.17, 15) is 31.3 Å². The van der Waals surface area contributed by atoms with Crippen molar-refractivity contribution in [2.45, 2.75) is 17.9 Å². The van der Waals surface area contributed by atoms with E-state index in [-0.39, 0.29) is 11.4 Å². The Morgan fingerprint density at radius 3 is 1.95 bits per heavy atom. The monoisotopic (exact) mass is 348 g/mol. The van der Waals surface area contributed by atoms with Crippen LogP contribution in [0.5, 0.6) is 0 Å². The summed E-state index contributed by atoms with van der Waals surface area (Å²) in [6, 6.07) is -1.09. The Morgan fingerprint density at radius 2 is 1.52 bits per heavy atom. The SMILES string of the molecule is COC(=O)[C@H](C)N[P+](=O)Sc1c(F)c(F)c(F)c(F)c1F. The lowest BCUT2D eigenvalue weighted by Crippen LogP contribution is -2.29. The first-order valence-corrected chi connectivity index (χ1v) is 7.89. The minimum Gasteiger partial charge on any atom is -0.468 e. The fraction of sp³-hybridized carbons (Fsp3) is 0.300. The highest BCUT2D eigenvalue weighted by atomic mass is 32.7. The molecule has 0 spiro atoms. The molecule has 0 fully saturated rings. The Labute approximate surface area is 120 Å². The van der Waals surface area contributed by atoms with Crippen LogP contribution >= 0.6 is 18.5 Å². The fourth-order valence-electron chi connectivity index (χ4n) is 1.16. The second-order valence-corrected chi connectivity index (χ2v) is 6.53. The van der Waals surface area contributed by atoms with Gasteiger partial charge in [-0.05, 0) is 11.5 Å². The second-order valence-electron chi connectivity index (χ2n) is 3.62. The number of carbonyl (C=O) groups excluding carboxylic acids is 1. The van der Waals surface area contributed by atoms with Crippen molar-refractivity contribution in [3.8, 4) is 0 Å². The topological polar surface area (TPSA) is 55.4 Å². The number of hydrogen-bond donors (Lipinski definition) is 1. The van der Waals surface area contributed by atoms with Crippen molar-refractivity contribution < 1.29 is 36.0 Å². The van der Waals surface area contributed by atoms with Crippen LogP contribution in [-0.2, 0) is 14.1 Å². The first-order valence-electron chi connectivity index (χ1n) is 5.21. The van der Waals surface area contributed by atoms with E-state index in [4.69, 9.17) is 0 Å². The standard InChI is InChI=1S/C10H8F5NO3PS/c1-3(10(17)19-2)16-20(18)21-9-7(14)5(12)4(11)6(13)8(9)15/h3H,1-2H3,(H,16,18)/q+1/t3-/m0/s1. The van der Waals surface area contributed by atoms with Gasteiger partial charge in [-0.25, -0.2) is 22.0 Å². The normalized spacial score (nSPS) is 13.0. The van der Waals surface area contributed by atoms with E-state index in [0.717, 1.165) is 7.11 Å². The van der Waals surface area contributed by atoms with Crippen LogP contribution in [0.4, 0.5) is 22.0 Å². The summed E-state index contributed by atoms with van der Waals surface area (Å²) in [5.74, 6) is -11.6. The highest BCUT2D eigenvalue weighted by Gasteiger charge is 2.34. The predicted octanol–water partition coefficient (Wildman–Crippen LogP) is 3.28. The number of halogens is 5. The van der Waals surface area contributed by atoms with E-state index in [1.54, 1.807) is 0 Å². The average molecular weight is 348 g/mol. The van der Waals surface area contributed by atoms with Gasteiger partial charge in [-0.2, -0.15) is 0 Å². The first kappa shape index (κ1) is 17.8. The van der Waals surface area contributed by atoms with Gasteiger partial charge in [0.25, 0.3) is 0 Å². The molecule has 0 aliphatic heterocycles. The van der Waals surface area contributed by atoms with E-state index >= 15 is 0 Å². The zero-order chi connectivity index (χ0) is 16.3. The molecule has 1 unspecified atom stereocenters. The third kappa shape index (κ3) is 3.90. The predicted molar refractivity (Wildman–Crippen MR) is 64.3 cm³/mol. The van der Waals surface area contributed by atoms with Crippen LogP contribution < -0.4 is 5.09 Å². The van der Waals surface area contributed by atoms with Crippen molar-refractivity contribution >= 4 is 24.5 Å². The molecule has 116 valence electrons. The lowest BCUT2D eigenvalue weighted by Gasteiger charge is -2.04. The van der Waals surface area contributed by atoms with Crippen LogP contribution in [0.3, 0.4) is 0 Å². The highest BCUT2D eigenvalue weighted by Crippen LogP contribution is 2.44. The molecule has 0 heterocycles. The second kappa shape index (κ2) is 7.15. The van der Waals surface area contributed by atoms with Gasteiger partial charge in [0.2, 0.25) is 5.82 Å². The molecule has 4 nitrogen and oxygen atoms in total. The average Bonchev–Trinajstić information content (AvgIpc) is 2.46. The van der Waals surface area contributed by atoms with Crippen LogP contribution in [0.1, 0.15) is 6.92 Å². The number of carbonyl (C=O) groups is 1. The molecular weight excluding hydrogens is 340 g/mol. The molecule has 1 N–H and O–H groups in total. The van der Waals surface area contributed by atoms with Crippen LogP contribution in [0.15, 0.2) is 4.90 Å². The number of hydrogen-bond acceptors (Lipinski definition) is 4. The van der Waals surface area contributed by atoms with Gasteiger partial charge < -0.3 is 4.74 Å². The van der Waals surface area contributed by atoms with Gasteiger partial charge >= 0.3 is 13.1 Å². The third-order valence-corrected chi connectivity index (χ3v) is 4.86. The molecule has 2 atom stereocenters. The van der Waals surface area contributed by atoms with Crippen molar-refractivity contribution in [2.24, 2.45) is 0 Å². The molecule has 0 radical (unpaired) electrons. The maximum absolute atomic E-state index is 13.3. The summed E-state index contributed by atoms with van der Waals surface area (Å²) in [6.45, 7) is 1.25. The van der Waals surface area contributed by atoms with Crippen molar-refractivity contribution in [2.75, 3.05) is 7.11 Å². The minimum absolute atomic E-state index is 0.116. The van der Waals surface area contributed by atoms with Gasteiger partial charge in [0.05, 0.1) is 7.11 Å². The number of methoxy groups -OCH3 is 1. The molecule has 0 bridgehead atoms. The van der Waals surface area contributed by atoms with E-state index in [1.807, 2.05) is 0 Å². The Balaban J connectivity index is 2.99. The fourth-order valence-corrected chi connectivity index (χ4v) is 3.75. The van der Waals surface area contributed by atoms with Crippen LogP contribution in [0.25, 0.3) is 0 Å². The summed E-state index contributed by atoms with van der Waals surface area (Å²) in [7, 11) is -1.66. The summed E-state index contributed by atoms with van der Waals surface area (Å²) in [5, 5.41) is 2.11. The maximum Gasteiger partial charge on any atom is 0.513 e. The van der Waals surface area contributed by atoms with Crippen LogP contribution in [0.2, 0.25) is 0 Å². The molecule has 0 aliphatic rings. The van der Waals surface area contributed by atoms with Crippen molar-refractivity contribution in [1.29, 1.82) is 0 Å². The largest absolute Gasteiger partial charge is 0.513 e. The zero-order valence-corrected chi connectivity index (χ0v) is 12.3. The summed E-state index contributed by atoms with van der Waals surface area (Å²) >= 11 is -0.116. The molecule has 0 amide bonds. The number of esters is 1. The Hall–Kier alpha value is -1.25. The quantitative estimate of drug-likeness (QED) is 0.291. The Morgan fingerprint density at radius 1 is 1.10 bits per heavy atom.